The number of benzene rings is 2. The normalized spacial score (nSPS) is 12.8. The van der Waals surface area contributed by atoms with E-state index < -0.39 is 24.1 Å². The minimum absolute atomic E-state index is 0.0869. The summed E-state index contributed by atoms with van der Waals surface area (Å²) in [4.78, 5) is 10.8. The standard InChI is InChI=1S/C18H12F7IN2O3/c19-16(20,17(21,22)23)18(24,25)28-27-8-11-3-6-14(13(26)7-11)31-9-10-1-4-12(5-2-10)15(29)30/h1-8,28H,9H2,(H,29,30)/b27-8+. The first-order valence-electron chi connectivity index (χ1n) is 8.12. The minimum Gasteiger partial charge on any atom is -0.488 e. The minimum atomic E-state index is -6.46. The molecule has 0 saturated carbocycles. The molecule has 0 saturated heterocycles. The molecule has 0 unspecified atom stereocenters. The van der Waals surface area contributed by atoms with E-state index in [2.05, 4.69) is 5.10 Å². The summed E-state index contributed by atoms with van der Waals surface area (Å²) in [5, 5.41) is 11.6. The van der Waals surface area contributed by atoms with Gasteiger partial charge in [-0.25, -0.2) is 10.2 Å². The summed E-state index contributed by atoms with van der Waals surface area (Å²) in [5.74, 6) is -7.03. The number of hydrogen-bond donors (Lipinski definition) is 2. The Hall–Kier alpha value is -2.58. The van der Waals surface area contributed by atoms with E-state index in [4.69, 9.17) is 9.84 Å². The lowest BCUT2D eigenvalue weighted by molar-refractivity contribution is -0.361. The third-order valence-corrected chi connectivity index (χ3v) is 4.56. The van der Waals surface area contributed by atoms with Gasteiger partial charge in [0, 0.05) is 0 Å². The van der Waals surface area contributed by atoms with E-state index >= 15 is 0 Å². The highest BCUT2D eigenvalue weighted by molar-refractivity contribution is 14.1. The van der Waals surface area contributed by atoms with Crippen LogP contribution in [0.5, 0.6) is 5.75 Å². The summed E-state index contributed by atoms with van der Waals surface area (Å²) >= 11 is 1.83. The second-order valence-corrected chi connectivity index (χ2v) is 7.16. The number of ether oxygens (including phenoxy) is 1. The third-order valence-electron chi connectivity index (χ3n) is 3.72. The largest absolute Gasteiger partial charge is 0.488 e. The highest BCUT2D eigenvalue weighted by Crippen LogP contribution is 2.45. The average molecular weight is 564 g/mol. The second kappa shape index (κ2) is 9.28. The molecule has 0 spiro atoms. The fourth-order valence-corrected chi connectivity index (χ4v) is 2.75. The average Bonchev–Trinajstić information content (AvgIpc) is 2.66. The van der Waals surface area contributed by atoms with Gasteiger partial charge in [0.25, 0.3) is 0 Å². The molecule has 0 amide bonds. The fourth-order valence-electron chi connectivity index (χ4n) is 2.06. The molecule has 0 radical (unpaired) electrons. The Morgan fingerprint density at radius 3 is 2.19 bits per heavy atom. The zero-order valence-electron chi connectivity index (χ0n) is 15.1. The number of rotatable bonds is 8. The van der Waals surface area contributed by atoms with E-state index in [1.807, 2.05) is 22.6 Å². The topological polar surface area (TPSA) is 70.9 Å². The number of carboxylic acids is 1. The lowest BCUT2D eigenvalue weighted by Gasteiger charge is -2.27. The van der Waals surface area contributed by atoms with Gasteiger partial charge in [0.05, 0.1) is 15.3 Å². The van der Waals surface area contributed by atoms with E-state index in [1.54, 1.807) is 12.1 Å². The van der Waals surface area contributed by atoms with Crippen LogP contribution < -0.4 is 10.2 Å². The first kappa shape index (κ1) is 24.7. The molecule has 0 heterocycles. The summed E-state index contributed by atoms with van der Waals surface area (Å²) in [6, 6.07) is 4.36. The van der Waals surface area contributed by atoms with Gasteiger partial charge in [-0.1, -0.05) is 12.1 Å². The van der Waals surface area contributed by atoms with Crippen molar-refractivity contribution in [3.05, 3.63) is 62.7 Å². The van der Waals surface area contributed by atoms with Gasteiger partial charge in [0.15, 0.2) is 0 Å². The number of hydrogen-bond acceptors (Lipinski definition) is 4. The summed E-state index contributed by atoms with van der Waals surface area (Å²) < 4.78 is 94.0. The van der Waals surface area contributed by atoms with E-state index in [9.17, 15) is 35.5 Å². The zero-order valence-corrected chi connectivity index (χ0v) is 17.2. The predicted octanol–water partition coefficient (Wildman–Crippen LogP) is 5.28. The highest BCUT2D eigenvalue weighted by Gasteiger charge is 2.73. The van der Waals surface area contributed by atoms with Crippen LogP contribution in [0.25, 0.3) is 0 Å². The van der Waals surface area contributed by atoms with Crippen molar-refractivity contribution in [2.45, 2.75) is 24.8 Å². The van der Waals surface area contributed by atoms with Crippen molar-refractivity contribution < 1.29 is 45.4 Å². The van der Waals surface area contributed by atoms with Gasteiger partial charge < -0.3 is 9.84 Å². The van der Waals surface area contributed by atoms with E-state index in [1.165, 1.54) is 30.3 Å². The van der Waals surface area contributed by atoms with Crippen LogP contribution in [0.4, 0.5) is 30.7 Å². The number of hydrazone groups is 1. The molecule has 0 fully saturated rings. The highest BCUT2D eigenvalue weighted by atomic mass is 127. The molecule has 2 aromatic rings. The van der Waals surface area contributed by atoms with Crippen LogP contribution in [-0.2, 0) is 6.61 Å². The summed E-state index contributed by atoms with van der Waals surface area (Å²) in [7, 11) is 0. The molecule has 0 aliphatic carbocycles. The fraction of sp³-hybridized carbons (Fsp3) is 0.222. The SMILES string of the molecule is O=C(O)c1ccc(COc2ccc(/C=N/NC(F)(F)C(F)(F)C(F)(F)F)cc2I)cc1. The lowest BCUT2D eigenvalue weighted by atomic mass is 10.1. The summed E-state index contributed by atoms with van der Waals surface area (Å²) in [5.41, 5.74) is 1.44. The van der Waals surface area contributed by atoms with Gasteiger partial charge in [-0.2, -0.15) is 35.8 Å². The maximum Gasteiger partial charge on any atom is 0.462 e. The Balaban J connectivity index is 2.01. The first-order chi connectivity index (χ1) is 14.2. The maximum atomic E-state index is 13.1. The Bertz CT molecular complexity index is 964. The van der Waals surface area contributed by atoms with Gasteiger partial charge in [-0.05, 0) is 64.0 Å². The van der Waals surface area contributed by atoms with Crippen LogP contribution >= 0.6 is 22.6 Å². The molecular weight excluding hydrogens is 552 g/mol. The van der Waals surface area contributed by atoms with Crippen molar-refractivity contribution in [1.29, 1.82) is 0 Å². The zero-order chi connectivity index (χ0) is 23.4. The van der Waals surface area contributed by atoms with Gasteiger partial charge in [-0.15, -0.1) is 0 Å². The molecule has 2 rings (SSSR count). The number of aromatic carboxylic acids is 1. The van der Waals surface area contributed by atoms with Crippen LogP contribution in [0, 0.1) is 3.57 Å². The van der Waals surface area contributed by atoms with Crippen LogP contribution in [-0.4, -0.2) is 35.4 Å². The molecule has 2 aromatic carbocycles. The van der Waals surface area contributed by atoms with E-state index in [-0.39, 0.29) is 17.7 Å². The Morgan fingerprint density at radius 1 is 1.06 bits per heavy atom. The molecule has 0 atom stereocenters. The molecule has 31 heavy (non-hydrogen) atoms. The monoisotopic (exact) mass is 564 g/mol. The van der Waals surface area contributed by atoms with Crippen LogP contribution in [0.15, 0.2) is 47.6 Å². The first-order valence-corrected chi connectivity index (χ1v) is 9.19. The molecule has 0 aliphatic rings. The number of carboxylic acid groups (broad SMARTS) is 1. The second-order valence-electron chi connectivity index (χ2n) is 6.00. The molecule has 0 aliphatic heterocycles. The molecule has 168 valence electrons. The van der Waals surface area contributed by atoms with E-state index in [0.29, 0.717) is 26.5 Å². The van der Waals surface area contributed by atoms with Crippen molar-refractivity contribution in [2.75, 3.05) is 0 Å². The summed E-state index contributed by atoms with van der Waals surface area (Å²) in [6.45, 7) is 0.0869. The van der Waals surface area contributed by atoms with Crippen LogP contribution in [0.3, 0.4) is 0 Å². The maximum absolute atomic E-state index is 13.1. The number of carbonyl (C=O) groups is 1. The lowest BCUT2D eigenvalue weighted by Crippen LogP contribution is -2.58. The number of halogens is 8. The Labute approximate surface area is 184 Å². The number of nitrogens with zero attached hydrogens (tertiary/aromatic N) is 1. The smallest absolute Gasteiger partial charge is 0.462 e. The van der Waals surface area contributed by atoms with Crippen molar-refractivity contribution in [3.63, 3.8) is 0 Å². The predicted molar refractivity (Wildman–Crippen MR) is 104 cm³/mol. The van der Waals surface area contributed by atoms with Crippen molar-refractivity contribution >= 4 is 34.8 Å². The quantitative estimate of drug-likeness (QED) is 0.151. The number of nitrogens with one attached hydrogen (secondary N) is 1. The molecular formula is C18H12F7IN2O3. The van der Waals surface area contributed by atoms with Crippen molar-refractivity contribution in [3.8, 4) is 5.75 Å². The number of alkyl halides is 7. The van der Waals surface area contributed by atoms with Crippen LogP contribution in [0.1, 0.15) is 21.5 Å². The molecule has 0 aromatic heterocycles. The van der Waals surface area contributed by atoms with Crippen molar-refractivity contribution in [1.82, 2.24) is 5.43 Å². The molecule has 2 N–H and O–H groups in total. The molecule has 13 heteroatoms. The van der Waals surface area contributed by atoms with Crippen LogP contribution in [0.2, 0.25) is 0 Å². The summed E-state index contributed by atoms with van der Waals surface area (Å²) in [6.07, 6.45) is -5.81. The molecule has 0 bridgehead atoms. The van der Waals surface area contributed by atoms with Crippen molar-refractivity contribution in [2.24, 2.45) is 5.10 Å². The van der Waals surface area contributed by atoms with Gasteiger partial charge in [-0.3, -0.25) is 0 Å². The Morgan fingerprint density at radius 2 is 1.68 bits per heavy atom. The molecule has 5 nitrogen and oxygen atoms in total. The van der Waals surface area contributed by atoms with Gasteiger partial charge in [0.2, 0.25) is 0 Å². The van der Waals surface area contributed by atoms with Gasteiger partial charge >= 0.3 is 24.1 Å². The third kappa shape index (κ3) is 5.98. The van der Waals surface area contributed by atoms with Gasteiger partial charge in [0.1, 0.15) is 12.4 Å². The van der Waals surface area contributed by atoms with E-state index in [0.717, 1.165) is 0 Å². The Kier molecular flexibility index (Phi) is 7.39.